The third kappa shape index (κ3) is 4.66. The summed E-state index contributed by atoms with van der Waals surface area (Å²) in [5.41, 5.74) is -0.135. The van der Waals surface area contributed by atoms with Gasteiger partial charge in [-0.25, -0.2) is 9.78 Å². The molecule has 3 rings (SSSR count). The molecule has 30 heavy (non-hydrogen) atoms. The molecule has 0 aliphatic heterocycles. The number of carbonyl (C=O) groups excluding carboxylic acids is 1. The van der Waals surface area contributed by atoms with Crippen molar-refractivity contribution in [3.05, 3.63) is 51.4 Å². The minimum atomic E-state index is -1.21. The second-order valence-corrected chi connectivity index (χ2v) is 7.16. The lowest BCUT2D eigenvalue weighted by Gasteiger charge is -2.13. The van der Waals surface area contributed by atoms with Crippen LogP contribution in [0.1, 0.15) is 23.1 Å². The number of hydrogen-bond acceptors (Lipinski definition) is 7. The lowest BCUT2D eigenvalue weighted by Crippen LogP contribution is -2.32. The Kier molecular flexibility index (Phi) is 6.80. The molecule has 1 aromatic carbocycles. The van der Waals surface area contributed by atoms with Crippen LogP contribution >= 0.6 is 11.3 Å². The molecule has 158 valence electrons. The molecule has 0 saturated carbocycles. The average molecular weight is 431 g/mol. The summed E-state index contributed by atoms with van der Waals surface area (Å²) in [4.78, 5) is 41.8. The molecule has 0 unspecified atom stereocenters. The normalized spacial score (nSPS) is 10.9. The summed E-state index contributed by atoms with van der Waals surface area (Å²) in [6.07, 6.45) is 0.304. The summed E-state index contributed by atoms with van der Waals surface area (Å²) in [6.45, 7) is 2.41. The van der Waals surface area contributed by atoms with Crippen molar-refractivity contribution in [2.45, 2.75) is 19.9 Å². The number of amides is 1. The fourth-order valence-electron chi connectivity index (χ4n) is 2.92. The van der Waals surface area contributed by atoms with Gasteiger partial charge in [0, 0.05) is 24.6 Å². The number of benzene rings is 1. The van der Waals surface area contributed by atoms with E-state index in [0.29, 0.717) is 41.7 Å². The summed E-state index contributed by atoms with van der Waals surface area (Å²) >= 11 is 1.08. The van der Waals surface area contributed by atoms with Crippen LogP contribution in [-0.2, 0) is 22.5 Å². The van der Waals surface area contributed by atoms with Crippen molar-refractivity contribution in [3.63, 3.8) is 0 Å². The van der Waals surface area contributed by atoms with Gasteiger partial charge < -0.3 is 19.9 Å². The van der Waals surface area contributed by atoms with Gasteiger partial charge in [0.05, 0.1) is 24.2 Å². The van der Waals surface area contributed by atoms with Crippen molar-refractivity contribution in [2.75, 3.05) is 25.6 Å². The molecule has 0 aliphatic rings. The van der Waals surface area contributed by atoms with Crippen LogP contribution in [0.2, 0.25) is 0 Å². The molecule has 2 N–H and O–H groups in total. The molecular formula is C20H21N3O6S. The number of thiophene rings is 1. The summed E-state index contributed by atoms with van der Waals surface area (Å²) in [7, 11) is 1.52. The van der Waals surface area contributed by atoms with E-state index in [1.54, 1.807) is 24.3 Å². The zero-order valence-corrected chi connectivity index (χ0v) is 17.3. The van der Waals surface area contributed by atoms with Crippen LogP contribution < -0.4 is 15.6 Å². The van der Waals surface area contributed by atoms with Crippen molar-refractivity contribution in [2.24, 2.45) is 0 Å². The fraction of sp³-hybridized carbons (Fsp3) is 0.300. The zero-order valence-electron chi connectivity index (χ0n) is 16.5. The highest BCUT2D eigenvalue weighted by Crippen LogP contribution is 2.22. The predicted molar refractivity (Wildman–Crippen MR) is 113 cm³/mol. The molecule has 0 saturated heterocycles. The third-order valence-corrected chi connectivity index (χ3v) is 5.16. The second-order valence-electron chi connectivity index (χ2n) is 6.30. The van der Waals surface area contributed by atoms with Gasteiger partial charge in [0.25, 0.3) is 5.56 Å². The van der Waals surface area contributed by atoms with Crippen LogP contribution in [0.5, 0.6) is 5.75 Å². The number of nitrogens with one attached hydrogen (secondary N) is 1. The average Bonchev–Trinajstić information content (AvgIpc) is 3.15. The maximum Gasteiger partial charge on any atom is 0.337 e. The molecule has 3 aromatic rings. The van der Waals surface area contributed by atoms with Crippen LogP contribution in [0.25, 0.3) is 10.2 Å². The monoisotopic (exact) mass is 431 g/mol. The molecular weight excluding hydrogens is 410 g/mol. The van der Waals surface area contributed by atoms with E-state index in [1.807, 2.05) is 6.92 Å². The standard InChI is InChI=1S/C20H21N3O6S/c1-3-29-13-6-4-12(5-7-13)21-16(24)10-23-15(8-9-28-2)22-18-17(19(23)25)14(11-30-18)20(26)27/h4-7,11H,3,8-10H2,1-2H3,(H,21,24)(H,26,27). The van der Waals surface area contributed by atoms with E-state index in [1.165, 1.54) is 17.1 Å². The summed E-state index contributed by atoms with van der Waals surface area (Å²) in [5.74, 6) is -0.611. The Balaban J connectivity index is 1.91. The fourth-order valence-corrected chi connectivity index (χ4v) is 3.84. The number of rotatable bonds is 9. The van der Waals surface area contributed by atoms with Gasteiger partial charge in [-0.15, -0.1) is 11.3 Å². The summed E-state index contributed by atoms with van der Waals surface area (Å²) < 4.78 is 11.6. The van der Waals surface area contributed by atoms with E-state index in [-0.39, 0.29) is 17.5 Å². The van der Waals surface area contributed by atoms with Gasteiger partial charge in [-0.05, 0) is 31.2 Å². The van der Waals surface area contributed by atoms with Crippen molar-refractivity contribution in [3.8, 4) is 5.75 Å². The van der Waals surface area contributed by atoms with Gasteiger partial charge in [-0.3, -0.25) is 14.2 Å². The van der Waals surface area contributed by atoms with Gasteiger partial charge in [-0.1, -0.05) is 0 Å². The number of anilines is 1. The Morgan fingerprint density at radius 2 is 2.00 bits per heavy atom. The maximum atomic E-state index is 13.0. The number of hydrogen-bond donors (Lipinski definition) is 2. The molecule has 0 radical (unpaired) electrons. The molecule has 0 spiro atoms. The molecule has 10 heteroatoms. The molecule has 0 fully saturated rings. The van der Waals surface area contributed by atoms with E-state index in [0.717, 1.165) is 11.3 Å². The summed E-state index contributed by atoms with van der Waals surface area (Å²) in [6, 6.07) is 6.85. The molecule has 0 bridgehead atoms. The van der Waals surface area contributed by atoms with Crippen molar-refractivity contribution in [1.29, 1.82) is 0 Å². The Bertz CT molecular complexity index is 1120. The van der Waals surface area contributed by atoms with E-state index >= 15 is 0 Å². The first-order chi connectivity index (χ1) is 14.4. The first-order valence-electron chi connectivity index (χ1n) is 9.20. The van der Waals surface area contributed by atoms with Crippen LogP contribution in [0.4, 0.5) is 5.69 Å². The van der Waals surface area contributed by atoms with Gasteiger partial charge in [0.15, 0.2) is 0 Å². The smallest absolute Gasteiger partial charge is 0.337 e. The number of methoxy groups -OCH3 is 1. The molecule has 0 aliphatic carbocycles. The quantitative estimate of drug-likeness (QED) is 0.534. The minimum absolute atomic E-state index is 0.00235. The van der Waals surface area contributed by atoms with E-state index < -0.39 is 17.4 Å². The van der Waals surface area contributed by atoms with Gasteiger partial charge >= 0.3 is 5.97 Å². The SMILES string of the molecule is CCOc1ccc(NC(=O)Cn2c(CCOC)nc3scc(C(=O)O)c3c2=O)cc1. The number of aromatic nitrogens is 2. The maximum absolute atomic E-state index is 13.0. The lowest BCUT2D eigenvalue weighted by atomic mass is 10.2. The van der Waals surface area contributed by atoms with Crippen molar-refractivity contribution >= 4 is 39.1 Å². The minimum Gasteiger partial charge on any atom is -0.494 e. The van der Waals surface area contributed by atoms with Crippen LogP contribution in [0.3, 0.4) is 0 Å². The Morgan fingerprint density at radius 3 is 2.63 bits per heavy atom. The number of aromatic carboxylic acids is 1. The first kappa shape index (κ1) is 21.5. The van der Waals surface area contributed by atoms with Gasteiger partial charge in [0.1, 0.15) is 22.9 Å². The Labute approximate surface area is 175 Å². The van der Waals surface area contributed by atoms with E-state index in [9.17, 15) is 19.5 Å². The van der Waals surface area contributed by atoms with Crippen molar-refractivity contribution in [1.82, 2.24) is 9.55 Å². The van der Waals surface area contributed by atoms with Crippen LogP contribution in [0, 0.1) is 0 Å². The zero-order chi connectivity index (χ0) is 21.7. The van der Waals surface area contributed by atoms with Crippen LogP contribution in [0.15, 0.2) is 34.4 Å². The van der Waals surface area contributed by atoms with Gasteiger partial charge in [0.2, 0.25) is 5.91 Å². The van der Waals surface area contributed by atoms with E-state index in [4.69, 9.17) is 9.47 Å². The Morgan fingerprint density at radius 1 is 1.27 bits per heavy atom. The van der Waals surface area contributed by atoms with Crippen LogP contribution in [-0.4, -0.2) is 46.9 Å². The highest BCUT2D eigenvalue weighted by molar-refractivity contribution is 7.17. The number of carbonyl (C=O) groups is 2. The molecule has 9 nitrogen and oxygen atoms in total. The lowest BCUT2D eigenvalue weighted by molar-refractivity contribution is -0.116. The number of nitrogens with zero attached hydrogens (tertiary/aromatic N) is 2. The number of carboxylic acids is 1. The first-order valence-corrected chi connectivity index (χ1v) is 10.1. The highest BCUT2D eigenvalue weighted by atomic mass is 32.1. The molecule has 2 aromatic heterocycles. The molecule has 1 amide bonds. The largest absolute Gasteiger partial charge is 0.494 e. The number of fused-ring (bicyclic) bond motifs is 1. The predicted octanol–water partition coefficient (Wildman–Crippen LogP) is 2.38. The van der Waals surface area contributed by atoms with E-state index in [2.05, 4.69) is 10.3 Å². The second kappa shape index (κ2) is 9.51. The Hall–Kier alpha value is -3.24. The molecule has 0 atom stereocenters. The third-order valence-electron chi connectivity index (χ3n) is 4.28. The highest BCUT2D eigenvalue weighted by Gasteiger charge is 2.20. The van der Waals surface area contributed by atoms with Crippen molar-refractivity contribution < 1.29 is 24.2 Å². The molecule has 2 heterocycles. The number of carboxylic acid groups (broad SMARTS) is 1. The summed E-state index contributed by atoms with van der Waals surface area (Å²) in [5, 5.41) is 13.5. The topological polar surface area (TPSA) is 120 Å². The van der Waals surface area contributed by atoms with Gasteiger partial charge in [-0.2, -0.15) is 0 Å². The number of ether oxygens (including phenoxy) is 2.